The van der Waals surface area contributed by atoms with Crippen molar-refractivity contribution in [2.24, 2.45) is 5.73 Å². The quantitative estimate of drug-likeness (QED) is 0.806. The molecule has 1 aliphatic heterocycles. The Kier molecular flexibility index (Phi) is 3.07. The molecular weight excluding hydrogens is 188 g/mol. The molecule has 84 valence electrons. The number of nitrogens with zero attached hydrogens (tertiary/aromatic N) is 3. The molecule has 0 spiro atoms. The Balaban J connectivity index is 1.93. The van der Waals surface area contributed by atoms with Crippen LogP contribution in [0.4, 0.5) is 0 Å². The van der Waals surface area contributed by atoms with Gasteiger partial charge < -0.3 is 5.73 Å². The van der Waals surface area contributed by atoms with Gasteiger partial charge >= 0.3 is 0 Å². The first-order valence-corrected chi connectivity index (χ1v) is 5.66. The predicted molar refractivity (Wildman–Crippen MR) is 60.5 cm³/mol. The van der Waals surface area contributed by atoms with Gasteiger partial charge in [0, 0.05) is 43.5 Å². The smallest absolute Gasteiger partial charge is 0.0534 e. The van der Waals surface area contributed by atoms with Crippen molar-refractivity contribution in [1.29, 1.82) is 0 Å². The lowest BCUT2D eigenvalue weighted by atomic mass is 10.3. The summed E-state index contributed by atoms with van der Waals surface area (Å²) in [5.41, 5.74) is 7.16. The van der Waals surface area contributed by atoms with Crippen LogP contribution in [-0.2, 0) is 6.54 Å². The lowest BCUT2D eigenvalue weighted by Crippen LogP contribution is -2.26. The van der Waals surface area contributed by atoms with E-state index in [1.165, 1.54) is 5.56 Å². The summed E-state index contributed by atoms with van der Waals surface area (Å²) < 4.78 is 2.01. The molecule has 1 fully saturated rings. The van der Waals surface area contributed by atoms with E-state index in [2.05, 4.69) is 30.0 Å². The fraction of sp³-hybridized carbons (Fsp3) is 0.727. The maximum atomic E-state index is 5.87. The van der Waals surface area contributed by atoms with E-state index in [1.54, 1.807) is 0 Å². The van der Waals surface area contributed by atoms with Crippen LogP contribution in [0.1, 0.15) is 31.9 Å². The molecule has 4 heteroatoms. The number of likely N-dealkylation sites (tertiary alicyclic amines) is 1. The molecule has 1 aliphatic rings. The highest BCUT2D eigenvalue weighted by Gasteiger charge is 2.19. The molecule has 1 atom stereocenters. The van der Waals surface area contributed by atoms with Gasteiger partial charge in [0.1, 0.15) is 0 Å². The van der Waals surface area contributed by atoms with E-state index < -0.39 is 0 Å². The number of nitrogens with two attached hydrogens (primary N) is 1. The molecule has 0 aromatic carbocycles. The lowest BCUT2D eigenvalue weighted by molar-refractivity contribution is 0.326. The van der Waals surface area contributed by atoms with Gasteiger partial charge in [0.15, 0.2) is 0 Å². The standard InChI is InChI=1S/C11H20N4/c1-9(2)15-7-10(5-13-15)6-14-4-3-11(12)8-14/h5,7,9,11H,3-4,6,8,12H2,1-2H3/t11-/m1/s1. The van der Waals surface area contributed by atoms with Crippen LogP contribution >= 0.6 is 0 Å². The SMILES string of the molecule is CC(C)n1cc(CN2CC[C@@H](N)C2)cn1. The first kappa shape index (κ1) is 10.6. The van der Waals surface area contributed by atoms with Crippen molar-refractivity contribution in [3.05, 3.63) is 18.0 Å². The monoisotopic (exact) mass is 208 g/mol. The van der Waals surface area contributed by atoms with Crippen molar-refractivity contribution in [1.82, 2.24) is 14.7 Å². The molecule has 4 nitrogen and oxygen atoms in total. The Morgan fingerprint density at radius 2 is 2.40 bits per heavy atom. The molecule has 2 rings (SSSR count). The highest BCUT2D eigenvalue weighted by molar-refractivity contribution is 5.04. The molecule has 15 heavy (non-hydrogen) atoms. The van der Waals surface area contributed by atoms with E-state index in [-0.39, 0.29) is 0 Å². The zero-order chi connectivity index (χ0) is 10.8. The highest BCUT2D eigenvalue weighted by atomic mass is 15.3. The van der Waals surface area contributed by atoms with Gasteiger partial charge in [-0.25, -0.2) is 0 Å². The van der Waals surface area contributed by atoms with Gasteiger partial charge in [-0.2, -0.15) is 5.10 Å². The first-order chi connectivity index (χ1) is 7.15. The van der Waals surface area contributed by atoms with Gasteiger partial charge in [-0.3, -0.25) is 9.58 Å². The second kappa shape index (κ2) is 4.33. The Morgan fingerprint density at radius 3 is 2.93 bits per heavy atom. The Morgan fingerprint density at radius 1 is 1.60 bits per heavy atom. The average Bonchev–Trinajstić information content (AvgIpc) is 2.76. The maximum absolute atomic E-state index is 5.87. The van der Waals surface area contributed by atoms with E-state index in [0.29, 0.717) is 12.1 Å². The van der Waals surface area contributed by atoms with Crippen LogP contribution in [0.25, 0.3) is 0 Å². The van der Waals surface area contributed by atoms with Crippen molar-refractivity contribution in [2.45, 2.75) is 38.9 Å². The van der Waals surface area contributed by atoms with Crippen LogP contribution in [0, 0.1) is 0 Å². The van der Waals surface area contributed by atoms with Gasteiger partial charge in [0.25, 0.3) is 0 Å². The van der Waals surface area contributed by atoms with Gasteiger partial charge in [-0.1, -0.05) is 0 Å². The highest BCUT2D eigenvalue weighted by Crippen LogP contribution is 2.12. The van der Waals surface area contributed by atoms with Crippen LogP contribution < -0.4 is 5.73 Å². The van der Waals surface area contributed by atoms with Crippen molar-refractivity contribution in [3.63, 3.8) is 0 Å². The third-order valence-electron chi connectivity index (χ3n) is 2.90. The Labute approximate surface area is 91.1 Å². The van der Waals surface area contributed by atoms with Gasteiger partial charge in [0.05, 0.1) is 6.20 Å². The molecule has 0 amide bonds. The minimum Gasteiger partial charge on any atom is -0.326 e. The average molecular weight is 208 g/mol. The van der Waals surface area contributed by atoms with Crippen molar-refractivity contribution in [2.75, 3.05) is 13.1 Å². The summed E-state index contributed by atoms with van der Waals surface area (Å²) in [7, 11) is 0. The minimum absolute atomic E-state index is 0.366. The zero-order valence-corrected chi connectivity index (χ0v) is 9.56. The molecule has 0 aliphatic carbocycles. The second-order valence-corrected chi connectivity index (χ2v) is 4.71. The number of aromatic nitrogens is 2. The van der Waals surface area contributed by atoms with Crippen LogP contribution in [0.5, 0.6) is 0 Å². The molecule has 2 N–H and O–H groups in total. The van der Waals surface area contributed by atoms with Crippen molar-refractivity contribution in [3.8, 4) is 0 Å². The van der Waals surface area contributed by atoms with Gasteiger partial charge in [-0.15, -0.1) is 0 Å². The van der Waals surface area contributed by atoms with E-state index in [1.807, 2.05) is 10.9 Å². The van der Waals surface area contributed by atoms with E-state index >= 15 is 0 Å². The number of hydrogen-bond acceptors (Lipinski definition) is 3. The molecule has 0 unspecified atom stereocenters. The number of rotatable bonds is 3. The summed E-state index contributed by atoms with van der Waals surface area (Å²) in [5.74, 6) is 0. The molecule has 0 saturated carbocycles. The minimum atomic E-state index is 0.366. The summed E-state index contributed by atoms with van der Waals surface area (Å²) in [6.07, 6.45) is 5.22. The molecule has 1 aromatic heterocycles. The summed E-state index contributed by atoms with van der Waals surface area (Å²) in [6, 6.07) is 0.810. The zero-order valence-electron chi connectivity index (χ0n) is 9.56. The van der Waals surface area contributed by atoms with E-state index in [9.17, 15) is 0 Å². The van der Waals surface area contributed by atoms with Gasteiger partial charge in [0.2, 0.25) is 0 Å². The molecule has 0 bridgehead atoms. The number of hydrogen-bond donors (Lipinski definition) is 1. The third kappa shape index (κ3) is 2.58. The third-order valence-corrected chi connectivity index (χ3v) is 2.90. The molecular formula is C11H20N4. The maximum Gasteiger partial charge on any atom is 0.0534 e. The van der Waals surface area contributed by atoms with E-state index in [4.69, 9.17) is 5.73 Å². The molecule has 1 aromatic rings. The fourth-order valence-corrected chi connectivity index (χ4v) is 2.01. The second-order valence-electron chi connectivity index (χ2n) is 4.71. The van der Waals surface area contributed by atoms with Crippen LogP contribution in [0.2, 0.25) is 0 Å². The predicted octanol–water partition coefficient (Wildman–Crippen LogP) is 0.997. The summed E-state index contributed by atoms with van der Waals surface area (Å²) in [5, 5.41) is 4.34. The van der Waals surface area contributed by atoms with Crippen molar-refractivity contribution >= 4 is 0 Å². The summed E-state index contributed by atoms with van der Waals surface area (Å²) >= 11 is 0. The van der Waals surface area contributed by atoms with Crippen molar-refractivity contribution < 1.29 is 0 Å². The van der Waals surface area contributed by atoms with Crippen LogP contribution in [0.15, 0.2) is 12.4 Å². The van der Waals surface area contributed by atoms with Crippen LogP contribution in [-0.4, -0.2) is 33.8 Å². The topological polar surface area (TPSA) is 47.1 Å². The summed E-state index contributed by atoms with van der Waals surface area (Å²) in [4.78, 5) is 2.40. The molecule has 2 heterocycles. The van der Waals surface area contributed by atoms with Gasteiger partial charge in [-0.05, 0) is 20.3 Å². The summed E-state index contributed by atoms with van der Waals surface area (Å²) in [6.45, 7) is 7.41. The van der Waals surface area contributed by atoms with E-state index in [0.717, 1.165) is 26.1 Å². The Bertz CT molecular complexity index is 318. The lowest BCUT2D eigenvalue weighted by Gasteiger charge is -2.13. The molecule has 0 radical (unpaired) electrons. The fourth-order valence-electron chi connectivity index (χ4n) is 2.01. The van der Waals surface area contributed by atoms with Crippen LogP contribution in [0.3, 0.4) is 0 Å². The Hall–Kier alpha value is -0.870. The normalized spacial score (nSPS) is 22.8. The molecule has 1 saturated heterocycles. The first-order valence-electron chi connectivity index (χ1n) is 5.66. The largest absolute Gasteiger partial charge is 0.326 e.